The molecule has 0 saturated heterocycles. The lowest BCUT2D eigenvalue weighted by Crippen LogP contribution is -2.36. The van der Waals surface area contributed by atoms with Crippen LogP contribution in [0.2, 0.25) is 10.0 Å². The lowest BCUT2D eigenvalue weighted by Gasteiger charge is -2.19. The van der Waals surface area contributed by atoms with Crippen LogP contribution in [0.3, 0.4) is 0 Å². The third-order valence-corrected chi connectivity index (χ3v) is 12.4. The highest BCUT2D eigenvalue weighted by Gasteiger charge is 2.22. The number of aliphatic hydroxyl groups excluding tert-OH is 1. The van der Waals surface area contributed by atoms with Crippen molar-refractivity contribution < 1.29 is 43.9 Å². The van der Waals surface area contributed by atoms with E-state index in [0.29, 0.717) is 85.7 Å². The van der Waals surface area contributed by atoms with Crippen molar-refractivity contribution in [2.24, 2.45) is 5.92 Å². The number of halogens is 2. The van der Waals surface area contributed by atoms with E-state index < -0.39 is 23.9 Å². The van der Waals surface area contributed by atoms with Crippen molar-refractivity contribution in [2.45, 2.75) is 91.9 Å². The molecule has 2 aromatic heterocycles. The molecular weight excluding hydrogens is 934 g/mol. The van der Waals surface area contributed by atoms with Crippen molar-refractivity contribution in [1.82, 2.24) is 15.3 Å². The summed E-state index contributed by atoms with van der Waals surface area (Å²) in [7, 11) is 0. The first-order valence-corrected chi connectivity index (χ1v) is 23.4. The van der Waals surface area contributed by atoms with Crippen LogP contribution in [-0.4, -0.2) is 49.9 Å². The first-order chi connectivity index (χ1) is 33.8. The molecule has 0 bridgehead atoms. The molecule has 0 radical (unpaired) electrons. The van der Waals surface area contributed by atoms with Crippen LogP contribution < -0.4 is 24.3 Å². The maximum atomic E-state index is 11.9. The molecule has 2 unspecified atom stereocenters. The minimum atomic E-state index is -0.996. The number of aromatic nitrogens is 2. The number of nitrogens with one attached hydrogen (secondary N) is 1. The lowest BCUT2D eigenvalue weighted by atomic mass is 9.92. The summed E-state index contributed by atoms with van der Waals surface area (Å²) >= 11 is 13.7. The molecule has 16 heteroatoms. The lowest BCUT2D eigenvalue weighted by molar-refractivity contribution is -0.142. The maximum absolute atomic E-state index is 11.9. The van der Waals surface area contributed by atoms with Gasteiger partial charge in [0.15, 0.2) is 0 Å². The highest BCUT2D eigenvalue weighted by atomic mass is 35.5. The van der Waals surface area contributed by atoms with Crippen LogP contribution in [0.5, 0.6) is 23.0 Å². The predicted octanol–water partition coefficient (Wildman–Crippen LogP) is 10.5. The molecule has 0 aliphatic heterocycles. The second-order valence-electron chi connectivity index (χ2n) is 16.6. The van der Waals surface area contributed by atoms with Crippen LogP contribution in [0.15, 0.2) is 97.6 Å². The van der Waals surface area contributed by atoms with Gasteiger partial charge in [0, 0.05) is 66.8 Å². The zero-order valence-electron chi connectivity index (χ0n) is 39.0. The Balaban J connectivity index is 1.21. The van der Waals surface area contributed by atoms with Crippen LogP contribution in [0.4, 0.5) is 0 Å². The van der Waals surface area contributed by atoms with Gasteiger partial charge in [0.1, 0.15) is 67.6 Å². The minimum Gasteiger partial charge on any atom is -0.488 e. The molecule has 4 N–H and O–H groups in total. The topological polar surface area (TPSA) is 217 Å². The van der Waals surface area contributed by atoms with Gasteiger partial charge in [-0.3, -0.25) is 19.6 Å². The number of nitriles is 2. The summed E-state index contributed by atoms with van der Waals surface area (Å²) in [6, 6.07) is 25.5. The van der Waals surface area contributed by atoms with Crippen molar-refractivity contribution in [3.63, 3.8) is 0 Å². The molecule has 70 heavy (non-hydrogen) atoms. The Bertz CT molecular complexity index is 2710. The number of pyridine rings is 2. The van der Waals surface area contributed by atoms with Crippen LogP contribution >= 0.6 is 23.2 Å². The summed E-state index contributed by atoms with van der Waals surface area (Å²) in [6.45, 7) is 6.40. The number of rotatable bonds is 25. The number of carboxylic acid groups (broad SMARTS) is 2. The van der Waals surface area contributed by atoms with Crippen LogP contribution in [0.25, 0.3) is 11.1 Å². The predicted molar refractivity (Wildman–Crippen MR) is 264 cm³/mol. The SMILES string of the molecule is CCCC(NCc1cc(Cl)c(OCc2cccc(-c3cccc(COc4cc(OCc5cncc(C#N)c5)c(CCC(CCO)C(=O)O)cc4Cl)c3C)c2C)cc1OCc1cncc(C#N)c1)C(=O)O. The van der Waals surface area contributed by atoms with Gasteiger partial charge in [0.2, 0.25) is 0 Å². The molecule has 362 valence electrons. The number of nitrogens with zero attached hydrogens (tertiary/aromatic N) is 4. The molecule has 0 fully saturated rings. The molecule has 2 atom stereocenters. The van der Waals surface area contributed by atoms with E-state index >= 15 is 0 Å². The van der Waals surface area contributed by atoms with Crippen molar-refractivity contribution in [1.29, 1.82) is 10.5 Å². The normalized spacial score (nSPS) is 11.8. The molecule has 0 aliphatic carbocycles. The van der Waals surface area contributed by atoms with Crippen molar-refractivity contribution in [3.8, 4) is 46.3 Å². The largest absolute Gasteiger partial charge is 0.488 e. The standard InChI is InChI=1S/C54H53Cl2N5O9/c1-4-7-48(54(65)66)61-28-43-19-47(56)52(21-50(43)68-30-38-17-36(23-58)25-60-27-38)70-32-42-9-6-11-45(34(42)3)44-10-5-8-41(33(44)2)31-69-51-20-49(67-29-37-16-35(22-57)24-59-26-37)40(18-46(51)55)13-12-39(14-15-62)53(63)64/h5-6,8-11,16-21,24-27,39,48,61-62H,4,7,12-15,28-32H2,1-3H3,(H,63,64)(H,65,66). The molecule has 0 aliphatic rings. The van der Waals surface area contributed by atoms with Gasteiger partial charge in [0.05, 0.1) is 27.1 Å². The first-order valence-electron chi connectivity index (χ1n) is 22.6. The molecule has 0 spiro atoms. The number of carboxylic acids is 2. The number of aliphatic carboxylic acids is 2. The second-order valence-corrected chi connectivity index (χ2v) is 17.5. The van der Waals surface area contributed by atoms with E-state index in [1.54, 1.807) is 48.8 Å². The monoisotopic (exact) mass is 985 g/mol. The second kappa shape index (κ2) is 25.4. The Morgan fingerprint density at radius 2 is 1.14 bits per heavy atom. The molecule has 0 saturated carbocycles. The van der Waals surface area contributed by atoms with Gasteiger partial charge in [-0.2, -0.15) is 10.5 Å². The summed E-state index contributed by atoms with van der Waals surface area (Å²) in [6.07, 6.45) is 7.94. The van der Waals surface area contributed by atoms with Crippen molar-refractivity contribution >= 4 is 35.1 Å². The number of carbonyl (C=O) groups is 2. The van der Waals surface area contributed by atoms with Crippen LogP contribution in [0, 0.1) is 42.4 Å². The Hall–Kier alpha value is -7.20. The van der Waals surface area contributed by atoms with E-state index in [0.717, 1.165) is 33.4 Å². The minimum absolute atomic E-state index is 0.0842. The number of aliphatic hydroxyl groups is 1. The van der Waals surface area contributed by atoms with Gasteiger partial charge in [0.25, 0.3) is 0 Å². The van der Waals surface area contributed by atoms with E-state index in [9.17, 15) is 35.4 Å². The Morgan fingerprint density at radius 1 is 0.643 bits per heavy atom. The highest BCUT2D eigenvalue weighted by molar-refractivity contribution is 6.32. The van der Waals surface area contributed by atoms with Gasteiger partial charge in [-0.25, -0.2) is 0 Å². The van der Waals surface area contributed by atoms with Gasteiger partial charge in [-0.1, -0.05) is 72.9 Å². The summed E-state index contributed by atoms with van der Waals surface area (Å²) in [5.41, 5.74) is 9.17. The molecular formula is C54H53Cl2N5O9. The number of ether oxygens (including phenoxy) is 4. The Morgan fingerprint density at radius 3 is 1.61 bits per heavy atom. The van der Waals surface area contributed by atoms with E-state index in [4.69, 9.17) is 42.1 Å². The third-order valence-electron chi connectivity index (χ3n) is 11.8. The summed E-state index contributed by atoms with van der Waals surface area (Å²) in [5, 5.41) is 51.4. The third kappa shape index (κ3) is 14.0. The average Bonchev–Trinajstić information content (AvgIpc) is 3.35. The van der Waals surface area contributed by atoms with E-state index in [1.165, 1.54) is 12.4 Å². The quantitative estimate of drug-likeness (QED) is 0.0420. The van der Waals surface area contributed by atoms with E-state index in [-0.39, 0.29) is 52.4 Å². The fourth-order valence-electron chi connectivity index (χ4n) is 7.84. The van der Waals surface area contributed by atoms with Crippen molar-refractivity contribution in [3.05, 3.63) is 163 Å². The van der Waals surface area contributed by atoms with Gasteiger partial charge in [-0.15, -0.1) is 0 Å². The molecule has 2 heterocycles. The molecule has 4 aromatic carbocycles. The molecule has 0 amide bonds. The number of benzene rings is 4. The van der Waals surface area contributed by atoms with Crippen molar-refractivity contribution in [2.75, 3.05) is 6.61 Å². The zero-order valence-corrected chi connectivity index (χ0v) is 40.5. The molecule has 14 nitrogen and oxygen atoms in total. The molecule has 6 rings (SSSR count). The first kappa shape index (κ1) is 52.2. The van der Waals surface area contributed by atoms with Crippen LogP contribution in [-0.2, 0) is 49.0 Å². The smallest absolute Gasteiger partial charge is 0.320 e. The highest BCUT2D eigenvalue weighted by Crippen LogP contribution is 2.38. The van der Waals surface area contributed by atoms with E-state index in [1.807, 2.05) is 57.2 Å². The Kier molecular flexibility index (Phi) is 18.9. The van der Waals surface area contributed by atoms with Gasteiger partial charge in [-0.05, 0) is 103 Å². The zero-order chi connectivity index (χ0) is 50.2. The average molecular weight is 987 g/mol. The number of hydrogen-bond acceptors (Lipinski definition) is 12. The summed E-state index contributed by atoms with van der Waals surface area (Å²) < 4.78 is 25.2. The van der Waals surface area contributed by atoms with Gasteiger partial charge >= 0.3 is 11.9 Å². The summed E-state index contributed by atoms with van der Waals surface area (Å²) in [5.74, 6) is -1.12. The number of aryl methyl sites for hydroxylation is 1. The van der Waals surface area contributed by atoms with E-state index in [2.05, 4.69) is 27.4 Å². The maximum Gasteiger partial charge on any atom is 0.320 e. The fourth-order valence-corrected chi connectivity index (χ4v) is 8.32. The molecule has 6 aromatic rings. The summed E-state index contributed by atoms with van der Waals surface area (Å²) in [4.78, 5) is 32.0. The van der Waals surface area contributed by atoms with Crippen LogP contribution in [0.1, 0.15) is 88.2 Å². The Labute approximate surface area is 417 Å². The fraction of sp³-hybridized carbons (Fsp3) is 0.296. The van der Waals surface area contributed by atoms with Gasteiger partial charge < -0.3 is 39.6 Å². The number of hydrogen-bond donors (Lipinski definition) is 4.